The van der Waals surface area contributed by atoms with Crippen molar-refractivity contribution < 1.29 is 14.3 Å². The van der Waals surface area contributed by atoms with Crippen LogP contribution in [0.1, 0.15) is 5.56 Å². The number of hydrogen-bond acceptors (Lipinski definition) is 3. The predicted octanol–water partition coefficient (Wildman–Crippen LogP) is 5.38. The Hall–Kier alpha value is -2.82. The van der Waals surface area contributed by atoms with Crippen molar-refractivity contribution in [2.24, 2.45) is 0 Å². The monoisotopic (exact) mass is 413 g/mol. The lowest BCUT2D eigenvalue weighted by molar-refractivity contribution is -0.146. The van der Waals surface area contributed by atoms with E-state index in [4.69, 9.17) is 27.9 Å². The fraction of sp³-hybridized carbons (Fsp3) is 0.0909. The van der Waals surface area contributed by atoms with Gasteiger partial charge in [-0.05, 0) is 29.3 Å². The molecule has 0 bridgehead atoms. The summed E-state index contributed by atoms with van der Waals surface area (Å²) < 4.78 is 5.07. The molecule has 0 radical (unpaired) electrons. The second-order valence-electron chi connectivity index (χ2n) is 6.05. The summed E-state index contributed by atoms with van der Waals surface area (Å²) in [6.07, 6.45) is 0.00473. The number of anilines is 1. The molecule has 0 atom stereocenters. The Balaban J connectivity index is 1.58. The van der Waals surface area contributed by atoms with Crippen LogP contribution in [-0.4, -0.2) is 18.5 Å². The SMILES string of the molecule is O=C(COC(=O)Cc1ccc(Cl)c(Cl)c1)Nc1ccccc1-c1ccccc1. The van der Waals surface area contributed by atoms with Gasteiger partial charge in [0.05, 0.1) is 16.5 Å². The van der Waals surface area contributed by atoms with E-state index in [2.05, 4.69) is 5.32 Å². The van der Waals surface area contributed by atoms with Crippen molar-refractivity contribution in [2.75, 3.05) is 11.9 Å². The van der Waals surface area contributed by atoms with Gasteiger partial charge in [0.15, 0.2) is 6.61 Å². The summed E-state index contributed by atoms with van der Waals surface area (Å²) in [5.74, 6) is -0.934. The Morgan fingerprint density at radius 3 is 2.32 bits per heavy atom. The lowest BCUT2D eigenvalue weighted by atomic mass is 10.0. The number of benzene rings is 3. The molecule has 0 aliphatic carbocycles. The van der Waals surface area contributed by atoms with E-state index in [-0.39, 0.29) is 13.0 Å². The summed E-state index contributed by atoms with van der Waals surface area (Å²) in [5.41, 5.74) is 3.18. The highest BCUT2D eigenvalue weighted by atomic mass is 35.5. The molecule has 3 rings (SSSR count). The standard InChI is InChI=1S/C22H17Cl2NO3/c23-18-11-10-15(12-19(18)24)13-22(27)28-14-21(26)25-20-9-5-4-8-17(20)16-6-2-1-3-7-16/h1-12H,13-14H2,(H,25,26). The van der Waals surface area contributed by atoms with Gasteiger partial charge in [0.2, 0.25) is 0 Å². The van der Waals surface area contributed by atoms with Gasteiger partial charge in [0, 0.05) is 11.3 Å². The van der Waals surface area contributed by atoms with Crippen LogP contribution < -0.4 is 5.32 Å². The van der Waals surface area contributed by atoms with Crippen molar-refractivity contribution in [3.05, 3.63) is 88.4 Å². The van der Waals surface area contributed by atoms with Crippen molar-refractivity contribution in [1.82, 2.24) is 0 Å². The Morgan fingerprint density at radius 1 is 0.857 bits per heavy atom. The number of nitrogens with one attached hydrogen (secondary N) is 1. The number of ether oxygens (including phenoxy) is 1. The molecular formula is C22H17Cl2NO3. The van der Waals surface area contributed by atoms with Gasteiger partial charge < -0.3 is 10.1 Å². The van der Waals surface area contributed by atoms with Crippen molar-refractivity contribution in [3.8, 4) is 11.1 Å². The summed E-state index contributed by atoms with van der Waals surface area (Å²) in [5, 5.41) is 3.57. The van der Waals surface area contributed by atoms with E-state index < -0.39 is 11.9 Å². The molecule has 28 heavy (non-hydrogen) atoms. The Labute approximate surface area is 173 Å². The quantitative estimate of drug-likeness (QED) is 0.551. The number of carbonyl (C=O) groups excluding carboxylic acids is 2. The normalized spacial score (nSPS) is 10.4. The number of amides is 1. The zero-order chi connectivity index (χ0) is 19.9. The van der Waals surface area contributed by atoms with Crippen LogP contribution in [0.5, 0.6) is 0 Å². The number of esters is 1. The number of carbonyl (C=O) groups is 2. The molecule has 3 aromatic carbocycles. The second-order valence-corrected chi connectivity index (χ2v) is 6.86. The average Bonchev–Trinajstić information content (AvgIpc) is 2.70. The predicted molar refractivity (Wildman–Crippen MR) is 112 cm³/mol. The molecule has 6 heteroatoms. The van der Waals surface area contributed by atoms with Crippen LogP contribution in [0.15, 0.2) is 72.8 Å². The first-order chi connectivity index (χ1) is 13.5. The Morgan fingerprint density at radius 2 is 1.57 bits per heavy atom. The van der Waals surface area contributed by atoms with Crippen LogP contribution in [0, 0.1) is 0 Å². The summed E-state index contributed by atoms with van der Waals surface area (Å²) >= 11 is 11.8. The maximum Gasteiger partial charge on any atom is 0.310 e. The lowest BCUT2D eigenvalue weighted by Crippen LogP contribution is -2.22. The second kappa shape index (κ2) is 9.40. The Kier molecular flexibility index (Phi) is 6.69. The molecule has 0 saturated heterocycles. The van der Waals surface area contributed by atoms with Crippen LogP contribution in [0.4, 0.5) is 5.69 Å². The summed E-state index contributed by atoms with van der Waals surface area (Å²) in [6, 6.07) is 22.1. The minimum absolute atomic E-state index is 0.00473. The Bertz CT molecular complexity index is 990. The molecule has 0 spiro atoms. The molecule has 0 heterocycles. The van der Waals surface area contributed by atoms with Crippen LogP contribution >= 0.6 is 23.2 Å². The third kappa shape index (κ3) is 5.35. The highest BCUT2D eigenvalue weighted by Gasteiger charge is 2.12. The van der Waals surface area contributed by atoms with Crippen molar-refractivity contribution in [2.45, 2.75) is 6.42 Å². The molecule has 0 saturated carbocycles. The maximum absolute atomic E-state index is 12.2. The molecule has 0 aliphatic rings. The number of halogens is 2. The summed E-state index contributed by atoms with van der Waals surface area (Å²) in [7, 11) is 0. The van der Waals surface area contributed by atoms with Gasteiger partial charge in [0.1, 0.15) is 0 Å². The first kappa shape index (κ1) is 19.9. The molecular weight excluding hydrogens is 397 g/mol. The van der Waals surface area contributed by atoms with E-state index in [1.54, 1.807) is 24.3 Å². The molecule has 0 fully saturated rings. The van der Waals surface area contributed by atoms with Crippen LogP contribution in [0.3, 0.4) is 0 Å². The van der Waals surface area contributed by atoms with E-state index >= 15 is 0 Å². The largest absolute Gasteiger partial charge is 0.455 e. The van der Waals surface area contributed by atoms with Gasteiger partial charge in [-0.2, -0.15) is 0 Å². The van der Waals surface area contributed by atoms with Gasteiger partial charge in [0.25, 0.3) is 5.91 Å². The van der Waals surface area contributed by atoms with Crippen LogP contribution in [0.2, 0.25) is 10.0 Å². The highest BCUT2D eigenvalue weighted by molar-refractivity contribution is 6.42. The third-order valence-electron chi connectivity index (χ3n) is 3.98. The zero-order valence-corrected chi connectivity index (χ0v) is 16.3. The minimum Gasteiger partial charge on any atom is -0.455 e. The maximum atomic E-state index is 12.2. The number of rotatable bonds is 6. The smallest absolute Gasteiger partial charge is 0.310 e. The van der Waals surface area contributed by atoms with E-state index in [1.807, 2.05) is 48.5 Å². The fourth-order valence-electron chi connectivity index (χ4n) is 2.66. The van der Waals surface area contributed by atoms with Crippen molar-refractivity contribution in [3.63, 3.8) is 0 Å². The van der Waals surface area contributed by atoms with Gasteiger partial charge in [-0.25, -0.2) is 0 Å². The third-order valence-corrected chi connectivity index (χ3v) is 4.72. The van der Waals surface area contributed by atoms with Crippen molar-refractivity contribution >= 4 is 40.8 Å². The summed E-state index contributed by atoms with van der Waals surface area (Å²) in [4.78, 5) is 24.2. The molecule has 1 amide bonds. The average molecular weight is 414 g/mol. The number of para-hydroxylation sites is 1. The van der Waals surface area contributed by atoms with Crippen molar-refractivity contribution in [1.29, 1.82) is 0 Å². The lowest BCUT2D eigenvalue weighted by Gasteiger charge is -2.11. The fourth-order valence-corrected chi connectivity index (χ4v) is 2.98. The first-order valence-corrected chi connectivity index (χ1v) is 9.32. The number of hydrogen-bond donors (Lipinski definition) is 1. The van der Waals surface area contributed by atoms with Gasteiger partial charge >= 0.3 is 5.97 Å². The van der Waals surface area contributed by atoms with E-state index in [0.717, 1.165) is 11.1 Å². The van der Waals surface area contributed by atoms with E-state index in [0.29, 0.717) is 21.3 Å². The summed E-state index contributed by atoms with van der Waals surface area (Å²) in [6.45, 7) is -0.372. The molecule has 0 aromatic heterocycles. The molecule has 3 aromatic rings. The molecule has 142 valence electrons. The highest BCUT2D eigenvalue weighted by Crippen LogP contribution is 2.27. The van der Waals surface area contributed by atoms with Gasteiger partial charge in [-0.1, -0.05) is 77.8 Å². The topological polar surface area (TPSA) is 55.4 Å². The molecule has 0 aliphatic heterocycles. The zero-order valence-electron chi connectivity index (χ0n) is 14.8. The van der Waals surface area contributed by atoms with E-state index in [9.17, 15) is 9.59 Å². The van der Waals surface area contributed by atoms with Gasteiger partial charge in [-0.15, -0.1) is 0 Å². The van der Waals surface area contributed by atoms with Gasteiger partial charge in [-0.3, -0.25) is 9.59 Å². The molecule has 4 nitrogen and oxygen atoms in total. The molecule has 0 unspecified atom stereocenters. The van der Waals surface area contributed by atoms with Crippen LogP contribution in [0.25, 0.3) is 11.1 Å². The van der Waals surface area contributed by atoms with Crippen LogP contribution in [-0.2, 0) is 20.7 Å². The first-order valence-electron chi connectivity index (χ1n) is 8.57. The van der Waals surface area contributed by atoms with E-state index in [1.165, 1.54) is 0 Å². The minimum atomic E-state index is -0.523. The molecule has 1 N–H and O–H groups in total.